The van der Waals surface area contributed by atoms with Crippen molar-refractivity contribution in [2.75, 3.05) is 18.5 Å². The number of aromatic amines is 1. The van der Waals surface area contributed by atoms with E-state index in [1.54, 1.807) is 24.3 Å². The lowest BCUT2D eigenvalue weighted by atomic mass is 10.2. The Kier molecular flexibility index (Phi) is 5.70. The Labute approximate surface area is 155 Å². The molecule has 0 radical (unpaired) electrons. The first-order valence-corrected chi connectivity index (χ1v) is 8.40. The predicted octanol–water partition coefficient (Wildman–Crippen LogP) is 3.63. The number of aromatic nitrogens is 3. The molecule has 3 rings (SSSR count). The Morgan fingerprint density at radius 3 is 2.85 bits per heavy atom. The topological polar surface area (TPSA) is 91.9 Å². The molecule has 0 aliphatic rings. The summed E-state index contributed by atoms with van der Waals surface area (Å²) in [6.07, 6.45) is 0. The van der Waals surface area contributed by atoms with Crippen LogP contribution in [0.4, 0.5) is 10.5 Å². The maximum atomic E-state index is 12.0. The molecule has 0 bridgehead atoms. The molecule has 0 atom stereocenters. The Balaban J connectivity index is 1.47. The predicted molar refractivity (Wildman–Crippen MR) is 101 cm³/mol. The van der Waals surface area contributed by atoms with Gasteiger partial charge in [0.25, 0.3) is 0 Å². The van der Waals surface area contributed by atoms with Crippen LogP contribution in [-0.4, -0.2) is 34.4 Å². The van der Waals surface area contributed by atoms with E-state index in [4.69, 9.17) is 16.3 Å². The summed E-state index contributed by atoms with van der Waals surface area (Å²) in [5.74, 6) is 1.98. The van der Waals surface area contributed by atoms with Gasteiger partial charge in [0, 0.05) is 16.3 Å². The van der Waals surface area contributed by atoms with Gasteiger partial charge < -0.3 is 15.4 Å². The van der Waals surface area contributed by atoms with Crippen molar-refractivity contribution in [3.8, 4) is 17.1 Å². The maximum absolute atomic E-state index is 12.0. The third kappa shape index (κ3) is 4.97. The van der Waals surface area contributed by atoms with E-state index in [1.807, 2.05) is 31.2 Å². The second kappa shape index (κ2) is 8.35. The fourth-order valence-corrected chi connectivity index (χ4v) is 2.45. The van der Waals surface area contributed by atoms with Gasteiger partial charge in [-0.05, 0) is 37.3 Å². The lowest BCUT2D eigenvalue weighted by Gasteiger charge is -2.09. The van der Waals surface area contributed by atoms with Gasteiger partial charge in [0.2, 0.25) is 0 Å². The van der Waals surface area contributed by atoms with Crippen LogP contribution in [0.5, 0.6) is 5.75 Å². The number of benzene rings is 2. The number of H-pyrrole nitrogens is 1. The SMILES string of the molecule is Cc1nc(-c2cccc(NC(=O)NCCOc3cccc(Cl)c3)c2)n[nH]1. The maximum Gasteiger partial charge on any atom is 0.319 e. The lowest BCUT2D eigenvalue weighted by Crippen LogP contribution is -2.32. The van der Waals surface area contributed by atoms with Crippen LogP contribution in [0.2, 0.25) is 5.02 Å². The summed E-state index contributed by atoms with van der Waals surface area (Å²) in [5, 5.41) is 13.0. The number of anilines is 1. The molecular weight excluding hydrogens is 354 g/mol. The Morgan fingerprint density at radius 1 is 1.23 bits per heavy atom. The molecule has 0 unspecified atom stereocenters. The van der Waals surface area contributed by atoms with Crippen LogP contribution in [0.1, 0.15) is 5.82 Å². The van der Waals surface area contributed by atoms with Gasteiger partial charge in [-0.3, -0.25) is 5.10 Å². The monoisotopic (exact) mass is 371 g/mol. The summed E-state index contributed by atoms with van der Waals surface area (Å²) in [7, 11) is 0. The summed E-state index contributed by atoms with van der Waals surface area (Å²) >= 11 is 5.89. The van der Waals surface area contributed by atoms with Crippen molar-refractivity contribution in [1.82, 2.24) is 20.5 Å². The Bertz CT molecular complexity index is 897. The fourth-order valence-electron chi connectivity index (χ4n) is 2.27. The molecule has 1 heterocycles. The quantitative estimate of drug-likeness (QED) is 0.577. The van der Waals surface area contributed by atoms with Crippen molar-refractivity contribution in [1.29, 1.82) is 0 Å². The molecule has 3 aromatic rings. The lowest BCUT2D eigenvalue weighted by molar-refractivity contribution is 0.247. The highest BCUT2D eigenvalue weighted by molar-refractivity contribution is 6.30. The van der Waals surface area contributed by atoms with Crippen LogP contribution in [0, 0.1) is 6.92 Å². The van der Waals surface area contributed by atoms with Crippen molar-refractivity contribution in [2.24, 2.45) is 0 Å². The summed E-state index contributed by atoms with van der Waals surface area (Å²) in [4.78, 5) is 16.3. The standard InChI is InChI=1S/C18H18ClN5O2/c1-12-21-17(24-23-12)13-4-2-6-15(10-13)22-18(25)20-8-9-26-16-7-3-5-14(19)11-16/h2-7,10-11H,8-9H2,1H3,(H2,20,22,25)(H,21,23,24). The molecule has 0 fully saturated rings. The number of hydrogen-bond donors (Lipinski definition) is 3. The number of carbonyl (C=O) groups excluding carboxylic acids is 1. The van der Waals surface area contributed by atoms with Crippen LogP contribution in [-0.2, 0) is 0 Å². The summed E-state index contributed by atoms with van der Waals surface area (Å²) in [6, 6.07) is 14.1. The Morgan fingerprint density at radius 2 is 2.08 bits per heavy atom. The summed E-state index contributed by atoms with van der Waals surface area (Å²) < 4.78 is 5.52. The molecule has 0 aliphatic carbocycles. The average Bonchev–Trinajstić information content (AvgIpc) is 3.06. The molecule has 2 aromatic carbocycles. The fraction of sp³-hybridized carbons (Fsp3) is 0.167. The number of carbonyl (C=O) groups is 1. The van der Waals surface area contributed by atoms with Crippen molar-refractivity contribution in [2.45, 2.75) is 6.92 Å². The first-order valence-electron chi connectivity index (χ1n) is 8.03. The van der Waals surface area contributed by atoms with E-state index in [0.717, 1.165) is 11.4 Å². The molecule has 1 aromatic heterocycles. The molecule has 0 saturated heterocycles. The summed E-state index contributed by atoms with van der Waals surface area (Å²) in [5.41, 5.74) is 1.47. The van der Waals surface area contributed by atoms with Gasteiger partial charge in [-0.2, -0.15) is 5.10 Å². The number of aryl methyl sites for hydroxylation is 1. The molecule has 134 valence electrons. The minimum absolute atomic E-state index is 0.317. The van der Waals surface area contributed by atoms with E-state index in [2.05, 4.69) is 25.8 Å². The molecular formula is C18H18ClN5O2. The van der Waals surface area contributed by atoms with Gasteiger partial charge in [-0.1, -0.05) is 29.8 Å². The number of ether oxygens (including phenoxy) is 1. The number of nitrogens with zero attached hydrogens (tertiary/aromatic N) is 2. The largest absolute Gasteiger partial charge is 0.492 e. The molecule has 7 nitrogen and oxygen atoms in total. The van der Waals surface area contributed by atoms with Crippen LogP contribution in [0.3, 0.4) is 0 Å². The van der Waals surface area contributed by atoms with Gasteiger partial charge in [0.1, 0.15) is 18.2 Å². The molecule has 26 heavy (non-hydrogen) atoms. The highest BCUT2D eigenvalue weighted by Crippen LogP contribution is 2.19. The van der Waals surface area contributed by atoms with E-state index < -0.39 is 0 Å². The van der Waals surface area contributed by atoms with E-state index in [0.29, 0.717) is 35.4 Å². The second-order valence-electron chi connectivity index (χ2n) is 5.51. The highest BCUT2D eigenvalue weighted by atomic mass is 35.5. The van der Waals surface area contributed by atoms with Gasteiger partial charge in [0.15, 0.2) is 5.82 Å². The van der Waals surface area contributed by atoms with E-state index >= 15 is 0 Å². The third-order valence-electron chi connectivity index (χ3n) is 3.43. The summed E-state index contributed by atoms with van der Waals surface area (Å²) in [6.45, 7) is 2.53. The van der Waals surface area contributed by atoms with Crippen LogP contribution >= 0.6 is 11.6 Å². The van der Waals surface area contributed by atoms with E-state index in [1.165, 1.54) is 0 Å². The van der Waals surface area contributed by atoms with Crippen molar-refractivity contribution < 1.29 is 9.53 Å². The van der Waals surface area contributed by atoms with Gasteiger partial charge in [0.05, 0.1) is 6.54 Å². The zero-order chi connectivity index (χ0) is 18.4. The first-order chi connectivity index (χ1) is 12.6. The van der Waals surface area contributed by atoms with Crippen molar-refractivity contribution >= 4 is 23.3 Å². The Hall–Kier alpha value is -3.06. The van der Waals surface area contributed by atoms with Gasteiger partial charge in [-0.15, -0.1) is 0 Å². The van der Waals surface area contributed by atoms with E-state index in [9.17, 15) is 4.79 Å². The number of hydrogen-bond acceptors (Lipinski definition) is 4. The smallest absolute Gasteiger partial charge is 0.319 e. The average molecular weight is 372 g/mol. The molecule has 0 saturated carbocycles. The van der Waals surface area contributed by atoms with Crippen LogP contribution < -0.4 is 15.4 Å². The third-order valence-corrected chi connectivity index (χ3v) is 3.66. The minimum Gasteiger partial charge on any atom is -0.492 e. The minimum atomic E-state index is -0.317. The zero-order valence-electron chi connectivity index (χ0n) is 14.1. The number of halogens is 1. The molecule has 8 heteroatoms. The molecule has 0 spiro atoms. The number of urea groups is 1. The number of rotatable bonds is 6. The molecule has 0 aliphatic heterocycles. The number of amides is 2. The van der Waals surface area contributed by atoms with Crippen LogP contribution in [0.25, 0.3) is 11.4 Å². The van der Waals surface area contributed by atoms with Gasteiger partial charge in [-0.25, -0.2) is 9.78 Å². The first kappa shape index (κ1) is 17.8. The number of nitrogens with one attached hydrogen (secondary N) is 3. The second-order valence-corrected chi connectivity index (χ2v) is 5.95. The van der Waals surface area contributed by atoms with Crippen LogP contribution in [0.15, 0.2) is 48.5 Å². The van der Waals surface area contributed by atoms with E-state index in [-0.39, 0.29) is 6.03 Å². The van der Waals surface area contributed by atoms with Gasteiger partial charge >= 0.3 is 6.03 Å². The molecule has 3 N–H and O–H groups in total. The van der Waals surface area contributed by atoms with Crippen molar-refractivity contribution in [3.05, 3.63) is 59.4 Å². The van der Waals surface area contributed by atoms with Crippen molar-refractivity contribution in [3.63, 3.8) is 0 Å². The zero-order valence-corrected chi connectivity index (χ0v) is 14.9. The normalized spacial score (nSPS) is 10.4. The highest BCUT2D eigenvalue weighted by Gasteiger charge is 2.06. The molecule has 2 amide bonds.